The van der Waals surface area contributed by atoms with E-state index in [0.717, 1.165) is 9.80 Å². The molecule has 0 saturated carbocycles. The zero-order valence-electron chi connectivity index (χ0n) is 34.4. The molecule has 0 spiro atoms. The van der Waals surface area contributed by atoms with Gasteiger partial charge in [-0.15, -0.1) is 0 Å². The number of morpholine rings is 2. The molecule has 0 radical (unpaired) electrons. The van der Waals surface area contributed by atoms with E-state index in [1.54, 1.807) is 88.4 Å². The molecule has 4 amide bonds. The number of nitrogens with two attached hydrogens (primary N) is 2. The molecule has 6 N–H and O–H groups in total. The molecule has 322 valence electrons. The summed E-state index contributed by atoms with van der Waals surface area (Å²) in [5.74, 6) is -2.48. The van der Waals surface area contributed by atoms with E-state index in [4.69, 9.17) is 30.4 Å². The van der Waals surface area contributed by atoms with Crippen molar-refractivity contribution in [2.24, 2.45) is 23.3 Å². The van der Waals surface area contributed by atoms with Crippen LogP contribution in [-0.4, -0.2) is 169 Å². The molecule has 0 bridgehead atoms. The first-order chi connectivity index (χ1) is 27.8. The molecule has 0 aromatic heterocycles. The Morgan fingerprint density at radius 2 is 0.948 bits per heavy atom. The third-order valence-corrected chi connectivity index (χ3v) is 10.7. The van der Waals surface area contributed by atoms with Crippen LogP contribution in [0.5, 0.6) is 0 Å². The van der Waals surface area contributed by atoms with Crippen molar-refractivity contribution in [1.29, 1.82) is 0 Å². The van der Waals surface area contributed by atoms with Gasteiger partial charge in [-0.25, -0.2) is 19.4 Å². The Morgan fingerprint density at radius 1 is 0.621 bits per heavy atom. The molecule has 16 heteroatoms. The molecule has 58 heavy (non-hydrogen) atoms. The molecular formula is C42H64N6O10. The van der Waals surface area contributed by atoms with Gasteiger partial charge >= 0.3 is 12.2 Å². The zero-order valence-corrected chi connectivity index (χ0v) is 34.4. The fourth-order valence-electron chi connectivity index (χ4n) is 6.88. The minimum atomic E-state index is -1.95. The van der Waals surface area contributed by atoms with E-state index in [2.05, 4.69) is 9.80 Å². The maximum atomic E-state index is 14.3. The van der Waals surface area contributed by atoms with Gasteiger partial charge in [-0.2, -0.15) is 0 Å². The predicted octanol–water partition coefficient (Wildman–Crippen LogP) is 1.49. The van der Waals surface area contributed by atoms with Crippen LogP contribution in [0.25, 0.3) is 0 Å². The fourth-order valence-corrected chi connectivity index (χ4v) is 6.88. The lowest BCUT2D eigenvalue weighted by Gasteiger charge is -2.41. The minimum absolute atomic E-state index is 0.0709. The summed E-state index contributed by atoms with van der Waals surface area (Å²) < 4.78 is 22.3. The lowest BCUT2D eigenvalue weighted by Crippen LogP contribution is -2.64. The summed E-state index contributed by atoms with van der Waals surface area (Å²) >= 11 is 0. The fraction of sp³-hybridized carbons (Fsp3) is 0.619. The SMILES string of the molecule is CC(C)[C@H](N)C(=O)N(C(=O)OCCN1CCOCC1)[C@@H](Cc1ccccc1)[C@H](O)[C@H](O)[C@H](Cc1ccccc1)N(C(=O)OCCN1CCOCC1)C(=O)[C@@H](N)C(C)C. The highest BCUT2D eigenvalue weighted by atomic mass is 16.6. The van der Waals surface area contributed by atoms with Crippen molar-refractivity contribution in [2.45, 2.75) is 76.9 Å². The van der Waals surface area contributed by atoms with Crippen LogP contribution in [0.3, 0.4) is 0 Å². The largest absolute Gasteiger partial charge is 0.448 e. The number of aliphatic hydroxyl groups excluding tert-OH is 2. The van der Waals surface area contributed by atoms with Crippen molar-refractivity contribution in [3.05, 3.63) is 71.8 Å². The van der Waals surface area contributed by atoms with Gasteiger partial charge in [0.25, 0.3) is 0 Å². The number of hydrogen-bond donors (Lipinski definition) is 4. The topological polar surface area (TPSA) is 211 Å². The van der Waals surface area contributed by atoms with Crippen molar-refractivity contribution >= 4 is 24.0 Å². The van der Waals surface area contributed by atoms with Gasteiger partial charge in [-0.1, -0.05) is 88.4 Å². The molecule has 2 aliphatic rings. The van der Waals surface area contributed by atoms with Gasteiger partial charge in [0, 0.05) is 39.3 Å². The van der Waals surface area contributed by atoms with Crippen molar-refractivity contribution < 1.29 is 48.3 Å². The van der Waals surface area contributed by atoms with Crippen LogP contribution >= 0.6 is 0 Å². The summed E-state index contributed by atoms with van der Waals surface area (Å²) in [7, 11) is 0. The first kappa shape index (κ1) is 46.7. The lowest BCUT2D eigenvalue weighted by molar-refractivity contribution is -0.145. The summed E-state index contributed by atoms with van der Waals surface area (Å²) in [4.78, 5) is 62.6. The summed E-state index contributed by atoms with van der Waals surface area (Å²) in [6, 6.07) is 12.4. The zero-order chi connectivity index (χ0) is 42.2. The molecule has 2 aromatic rings. The van der Waals surface area contributed by atoms with Crippen LogP contribution < -0.4 is 11.5 Å². The number of carbonyl (C=O) groups excluding carboxylic acids is 4. The van der Waals surface area contributed by atoms with Gasteiger partial charge in [0.15, 0.2) is 0 Å². The van der Waals surface area contributed by atoms with E-state index in [1.807, 2.05) is 0 Å². The Balaban J connectivity index is 1.76. The number of carbonyl (C=O) groups is 4. The van der Waals surface area contributed by atoms with Crippen LogP contribution in [0, 0.1) is 11.8 Å². The second-order valence-electron chi connectivity index (χ2n) is 15.6. The van der Waals surface area contributed by atoms with Gasteiger partial charge in [-0.3, -0.25) is 19.4 Å². The van der Waals surface area contributed by atoms with Crippen LogP contribution in [0.15, 0.2) is 60.7 Å². The summed E-state index contributed by atoms with van der Waals surface area (Å²) in [6.07, 6.45) is -6.27. The number of hydrogen-bond acceptors (Lipinski definition) is 14. The third kappa shape index (κ3) is 13.5. The molecule has 2 aliphatic heterocycles. The van der Waals surface area contributed by atoms with Gasteiger partial charge < -0.3 is 40.6 Å². The van der Waals surface area contributed by atoms with E-state index >= 15 is 0 Å². The van der Waals surface area contributed by atoms with Gasteiger partial charge in [-0.05, 0) is 35.8 Å². The summed E-state index contributed by atoms with van der Waals surface area (Å²) in [5.41, 5.74) is 14.0. The Morgan fingerprint density at radius 3 is 1.26 bits per heavy atom. The van der Waals surface area contributed by atoms with Crippen LogP contribution in [0.1, 0.15) is 38.8 Å². The van der Waals surface area contributed by atoms with E-state index in [9.17, 15) is 29.4 Å². The van der Waals surface area contributed by atoms with Crippen LogP contribution in [0.4, 0.5) is 9.59 Å². The van der Waals surface area contributed by atoms with E-state index in [1.165, 1.54) is 0 Å². The Kier molecular flexibility index (Phi) is 19.0. The maximum Gasteiger partial charge on any atom is 0.416 e. The number of amides is 4. The lowest BCUT2D eigenvalue weighted by atomic mass is 9.88. The third-order valence-electron chi connectivity index (χ3n) is 10.7. The Bertz CT molecular complexity index is 1440. The number of imide groups is 2. The van der Waals surface area contributed by atoms with Gasteiger partial charge in [0.2, 0.25) is 11.8 Å². The summed E-state index contributed by atoms with van der Waals surface area (Å²) in [6.45, 7) is 12.3. The Hall–Kier alpha value is -4.00. The molecule has 4 rings (SSSR count). The van der Waals surface area contributed by atoms with Crippen molar-refractivity contribution in [3.8, 4) is 0 Å². The second kappa shape index (κ2) is 23.6. The molecular weight excluding hydrogens is 748 g/mol. The van der Waals surface area contributed by atoms with E-state index in [0.29, 0.717) is 76.8 Å². The number of benzene rings is 2. The molecule has 2 aromatic carbocycles. The van der Waals surface area contributed by atoms with E-state index in [-0.39, 0.29) is 26.1 Å². The second-order valence-corrected chi connectivity index (χ2v) is 15.6. The number of aliphatic hydroxyl groups is 2. The van der Waals surface area contributed by atoms with Gasteiger partial charge in [0.1, 0.15) is 25.4 Å². The number of ether oxygens (including phenoxy) is 4. The first-order valence-corrected chi connectivity index (χ1v) is 20.3. The highest BCUT2D eigenvalue weighted by molar-refractivity contribution is 5.96. The Labute approximate surface area is 342 Å². The molecule has 0 unspecified atom stereocenters. The highest BCUT2D eigenvalue weighted by Crippen LogP contribution is 2.25. The van der Waals surface area contributed by atoms with Crippen LogP contribution in [-0.2, 0) is 41.4 Å². The predicted molar refractivity (Wildman–Crippen MR) is 216 cm³/mol. The minimum Gasteiger partial charge on any atom is -0.448 e. The molecule has 6 atom stereocenters. The first-order valence-electron chi connectivity index (χ1n) is 20.3. The van der Waals surface area contributed by atoms with Gasteiger partial charge in [0.05, 0.1) is 50.6 Å². The van der Waals surface area contributed by atoms with E-state index < -0.39 is 72.2 Å². The van der Waals surface area contributed by atoms with Crippen molar-refractivity contribution in [1.82, 2.24) is 19.6 Å². The molecule has 2 heterocycles. The smallest absolute Gasteiger partial charge is 0.416 e. The highest BCUT2D eigenvalue weighted by Gasteiger charge is 2.47. The average Bonchev–Trinajstić information content (AvgIpc) is 3.23. The molecule has 2 saturated heterocycles. The monoisotopic (exact) mass is 812 g/mol. The number of nitrogens with zero attached hydrogens (tertiary/aromatic N) is 4. The summed E-state index contributed by atoms with van der Waals surface area (Å²) in [5, 5.41) is 24.9. The normalized spacial score (nSPS) is 18.4. The number of rotatable bonds is 19. The van der Waals surface area contributed by atoms with Crippen molar-refractivity contribution in [2.75, 3.05) is 78.9 Å². The maximum absolute atomic E-state index is 14.3. The average molecular weight is 813 g/mol. The molecule has 16 nitrogen and oxygen atoms in total. The van der Waals surface area contributed by atoms with Crippen molar-refractivity contribution in [3.63, 3.8) is 0 Å². The standard InChI is InChI=1S/C42H64N6O10/c1-29(2)35(43)39(51)47(41(53)57-25-19-45-15-21-55-22-16-45)33(27-31-11-7-5-8-12-31)37(49)38(50)34(28-32-13-9-6-10-14-32)48(40(52)36(44)30(3)4)42(54)58-26-20-46-17-23-56-24-18-46/h5-14,29-30,33-38,49-50H,15-28,43-44H2,1-4H3/t33-,34-,35-,36-,37-,38+/m0/s1. The quantitative estimate of drug-likeness (QED) is 0.159. The molecule has 0 aliphatic carbocycles. The molecule has 2 fully saturated rings. The van der Waals surface area contributed by atoms with Crippen LogP contribution in [0.2, 0.25) is 0 Å².